The van der Waals surface area contributed by atoms with E-state index in [1.807, 2.05) is 0 Å². The molecule has 4 aromatic carbocycles. The van der Waals surface area contributed by atoms with Crippen molar-refractivity contribution in [2.75, 3.05) is 0 Å². The first-order chi connectivity index (χ1) is 18.3. The van der Waals surface area contributed by atoms with Gasteiger partial charge in [-0.25, -0.2) is 9.59 Å². The minimum absolute atomic E-state index is 0.0251. The summed E-state index contributed by atoms with van der Waals surface area (Å²) in [7, 11) is -9.62. The Kier molecular flexibility index (Phi) is 5.06. The van der Waals surface area contributed by atoms with Gasteiger partial charge >= 0.3 is 11.9 Å². The van der Waals surface area contributed by atoms with Crippen molar-refractivity contribution in [3.63, 3.8) is 0 Å². The van der Waals surface area contributed by atoms with Crippen molar-refractivity contribution in [1.82, 2.24) is 0 Å². The summed E-state index contributed by atoms with van der Waals surface area (Å²) in [4.78, 5) is 50.1. The number of hydrogen-bond donors (Lipinski definition) is 2. The van der Waals surface area contributed by atoms with E-state index >= 15 is 0 Å². The molecule has 0 radical (unpaired) electrons. The fraction of sp³-hybridized carbons (Fsp3) is 0. The van der Waals surface area contributed by atoms with Crippen molar-refractivity contribution in [2.24, 2.45) is 0 Å². The van der Waals surface area contributed by atoms with Gasteiger partial charge in [-0.15, -0.1) is 0 Å². The Morgan fingerprint density at radius 2 is 1.18 bits per heavy atom. The number of cyclic esters (lactones) is 2. The minimum atomic E-state index is -4.97. The number of esters is 2. The number of ether oxygens (including phenoxy) is 1. The van der Waals surface area contributed by atoms with Gasteiger partial charge in [0.1, 0.15) is 4.90 Å². The molecule has 0 saturated carbocycles. The highest BCUT2D eigenvalue weighted by Crippen LogP contribution is 2.41. The molecule has 0 bridgehead atoms. The van der Waals surface area contributed by atoms with E-state index in [2.05, 4.69) is 0 Å². The van der Waals surface area contributed by atoms with E-state index in [1.165, 1.54) is 36.4 Å². The van der Waals surface area contributed by atoms with Gasteiger partial charge in [0.25, 0.3) is 20.2 Å². The summed E-state index contributed by atoms with van der Waals surface area (Å²) in [6.07, 6.45) is 0. The highest BCUT2D eigenvalue weighted by Gasteiger charge is 2.35. The first kappa shape index (κ1) is 24.8. The Labute approximate surface area is 219 Å². The van der Waals surface area contributed by atoms with Gasteiger partial charge in [0.15, 0.2) is 11.6 Å². The lowest BCUT2D eigenvalue weighted by atomic mass is 9.82. The van der Waals surface area contributed by atoms with Gasteiger partial charge in [0, 0.05) is 38.6 Å². The fourth-order valence-electron chi connectivity index (χ4n) is 4.93. The molecule has 0 unspecified atom stereocenters. The lowest BCUT2D eigenvalue weighted by Gasteiger charge is -2.21. The van der Waals surface area contributed by atoms with Gasteiger partial charge in [-0.05, 0) is 48.0 Å². The van der Waals surface area contributed by atoms with Crippen molar-refractivity contribution in [3.8, 4) is 11.1 Å². The smallest absolute Gasteiger partial charge is 0.346 e. The lowest BCUT2D eigenvalue weighted by molar-refractivity contribution is 0.0390. The third-order valence-corrected chi connectivity index (χ3v) is 8.40. The molecular weight excluding hydrogens is 552 g/mol. The summed E-state index contributed by atoms with van der Waals surface area (Å²) < 4.78 is 72.4. The van der Waals surface area contributed by atoms with Crippen LogP contribution in [-0.4, -0.2) is 49.4 Å². The van der Waals surface area contributed by atoms with Crippen LogP contribution in [0.4, 0.5) is 0 Å². The van der Waals surface area contributed by atoms with Crippen molar-refractivity contribution < 1.29 is 49.9 Å². The zero-order valence-electron chi connectivity index (χ0n) is 19.2. The monoisotopic (exact) mass is 564 g/mol. The molecule has 0 amide bonds. The van der Waals surface area contributed by atoms with Crippen LogP contribution >= 0.6 is 0 Å². The van der Waals surface area contributed by atoms with Crippen LogP contribution in [-0.2, 0) is 25.0 Å². The SMILES string of the molecule is O=C1c2ccc(S(=O)(=O)O)cc2C(=O)c2ccc(-c3cc4c5c(cccc5c3S(=O)(=O)O)C(=O)OC4=O)cc21. The zero-order valence-corrected chi connectivity index (χ0v) is 20.8. The standard InChI is InChI=1S/C26H12O11S2/c27-22-14-7-5-12(38(31,32)33)9-19(14)23(28)13-6-4-11(8-18(13)22)17-10-20-21-15(24(17)39(34,35)36)2-1-3-16(21)25(29)37-26(20)30/h1-10H,(H,31,32,33)(H,34,35,36). The molecule has 194 valence electrons. The zero-order chi connectivity index (χ0) is 28.0. The molecule has 1 aliphatic heterocycles. The van der Waals surface area contributed by atoms with E-state index in [0.717, 1.165) is 24.3 Å². The summed E-state index contributed by atoms with van der Waals surface area (Å²) in [6.45, 7) is 0. The molecule has 2 N–H and O–H groups in total. The van der Waals surface area contributed by atoms with E-state index in [4.69, 9.17) is 4.74 Å². The maximum Gasteiger partial charge on any atom is 0.346 e. The average Bonchev–Trinajstić information content (AvgIpc) is 2.87. The largest absolute Gasteiger partial charge is 0.386 e. The van der Waals surface area contributed by atoms with E-state index < -0.39 is 53.5 Å². The highest BCUT2D eigenvalue weighted by atomic mass is 32.2. The third-order valence-electron chi connectivity index (χ3n) is 6.59. The first-order valence-corrected chi connectivity index (χ1v) is 13.8. The Bertz CT molecular complexity index is 2110. The van der Waals surface area contributed by atoms with Gasteiger partial charge in [-0.1, -0.05) is 18.2 Å². The van der Waals surface area contributed by atoms with Crippen LogP contribution < -0.4 is 0 Å². The lowest BCUT2D eigenvalue weighted by Crippen LogP contribution is -2.22. The van der Waals surface area contributed by atoms with Crippen LogP contribution in [0.3, 0.4) is 0 Å². The van der Waals surface area contributed by atoms with Crippen LogP contribution in [0.2, 0.25) is 0 Å². The van der Waals surface area contributed by atoms with Gasteiger partial charge < -0.3 is 4.74 Å². The molecule has 0 atom stereocenters. The number of fused-ring (bicyclic) bond motifs is 2. The number of benzene rings is 4. The first-order valence-electron chi connectivity index (χ1n) is 11.0. The Morgan fingerprint density at radius 3 is 1.82 bits per heavy atom. The predicted molar refractivity (Wildman–Crippen MR) is 132 cm³/mol. The number of carbonyl (C=O) groups is 4. The summed E-state index contributed by atoms with van der Waals surface area (Å²) in [6, 6.07) is 11.7. The summed E-state index contributed by atoms with van der Waals surface area (Å²) in [5.41, 5.74) is -1.04. The Hall–Kier alpha value is -4.56. The molecule has 13 heteroatoms. The van der Waals surface area contributed by atoms with E-state index in [1.54, 1.807) is 0 Å². The van der Waals surface area contributed by atoms with Crippen LogP contribution in [0.5, 0.6) is 0 Å². The molecule has 1 heterocycles. The molecule has 39 heavy (non-hydrogen) atoms. The van der Waals surface area contributed by atoms with Crippen LogP contribution in [0.25, 0.3) is 21.9 Å². The normalized spacial score (nSPS) is 14.7. The maximum atomic E-state index is 13.3. The van der Waals surface area contributed by atoms with Crippen LogP contribution in [0.15, 0.2) is 70.5 Å². The van der Waals surface area contributed by atoms with Crippen LogP contribution in [0.1, 0.15) is 52.6 Å². The summed E-state index contributed by atoms with van der Waals surface area (Å²) in [5.74, 6) is -3.43. The highest BCUT2D eigenvalue weighted by molar-refractivity contribution is 7.86. The molecule has 4 aromatic rings. The summed E-state index contributed by atoms with van der Waals surface area (Å²) in [5, 5.41) is -0.154. The Balaban J connectivity index is 1.62. The molecule has 2 aliphatic rings. The minimum Gasteiger partial charge on any atom is -0.386 e. The molecule has 11 nitrogen and oxygen atoms in total. The molecule has 6 rings (SSSR count). The second-order valence-corrected chi connectivity index (χ2v) is 11.6. The molecule has 0 aromatic heterocycles. The van der Waals surface area contributed by atoms with Gasteiger partial charge in [0.2, 0.25) is 0 Å². The maximum absolute atomic E-state index is 13.3. The topological polar surface area (TPSA) is 186 Å². The van der Waals surface area contributed by atoms with Crippen molar-refractivity contribution >= 4 is 54.5 Å². The molecule has 0 spiro atoms. The third kappa shape index (κ3) is 3.63. The number of carbonyl (C=O) groups excluding carboxylic acids is 4. The Morgan fingerprint density at radius 1 is 0.564 bits per heavy atom. The van der Waals surface area contributed by atoms with Gasteiger partial charge in [-0.3, -0.25) is 18.7 Å². The van der Waals surface area contributed by atoms with Crippen molar-refractivity contribution in [1.29, 1.82) is 0 Å². The van der Waals surface area contributed by atoms with E-state index in [-0.39, 0.29) is 55.3 Å². The fourth-order valence-corrected chi connectivity index (χ4v) is 6.34. The van der Waals surface area contributed by atoms with Crippen molar-refractivity contribution in [2.45, 2.75) is 9.79 Å². The second kappa shape index (κ2) is 7.97. The predicted octanol–water partition coefficient (Wildman–Crippen LogP) is 3.09. The van der Waals surface area contributed by atoms with Crippen LogP contribution in [0, 0.1) is 0 Å². The number of ketones is 2. The van der Waals surface area contributed by atoms with Gasteiger partial charge in [0.05, 0.1) is 16.0 Å². The van der Waals surface area contributed by atoms with E-state index in [9.17, 15) is 45.1 Å². The number of rotatable bonds is 3. The van der Waals surface area contributed by atoms with E-state index in [0.29, 0.717) is 0 Å². The molecule has 0 saturated heterocycles. The molecular formula is C26H12O11S2. The quantitative estimate of drug-likeness (QED) is 0.186. The van der Waals surface area contributed by atoms with Crippen molar-refractivity contribution in [3.05, 3.63) is 94.0 Å². The average molecular weight is 565 g/mol. The van der Waals surface area contributed by atoms with Gasteiger partial charge in [-0.2, -0.15) is 16.8 Å². The molecule has 0 fully saturated rings. The summed E-state index contributed by atoms with van der Waals surface area (Å²) >= 11 is 0. The number of hydrogen-bond acceptors (Lipinski definition) is 9. The second-order valence-electron chi connectivity index (χ2n) is 8.78. The molecule has 1 aliphatic carbocycles.